The van der Waals surface area contributed by atoms with E-state index in [4.69, 9.17) is 38.4 Å². The number of hydrogen-bond donors (Lipinski definition) is 3. The molecule has 0 atom stereocenters. The Bertz CT molecular complexity index is 871. The summed E-state index contributed by atoms with van der Waals surface area (Å²) in [6, 6.07) is 9.79. The summed E-state index contributed by atoms with van der Waals surface area (Å²) in [5.74, 6) is -0.886. The van der Waals surface area contributed by atoms with Gasteiger partial charge in [0, 0.05) is 0 Å². The van der Waals surface area contributed by atoms with E-state index >= 15 is 0 Å². The number of halogens is 1. The summed E-state index contributed by atoms with van der Waals surface area (Å²) in [5.41, 5.74) is 1.24. The standard InChI is InChI=1S/C18H17ClN2O5S/c1-10-3-5-12(6-4-10)26-9-15(22)21-18(27)20-14-8-11(17(23)24)7-13(19)16(14)25-2/h3-8H,9H2,1-2H3,(H,23,24)(H2,20,21,22,27). The molecular weight excluding hydrogens is 392 g/mol. The van der Waals surface area contributed by atoms with Crippen LogP contribution in [0.3, 0.4) is 0 Å². The predicted molar refractivity (Wildman–Crippen MR) is 106 cm³/mol. The highest BCUT2D eigenvalue weighted by Crippen LogP contribution is 2.34. The summed E-state index contributed by atoms with van der Waals surface area (Å²) >= 11 is 11.1. The van der Waals surface area contributed by atoms with Gasteiger partial charge >= 0.3 is 5.97 Å². The summed E-state index contributed by atoms with van der Waals surface area (Å²) in [6.45, 7) is 1.71. The van der Waals surface area contributed by atoms with Crippen LogP contribution in [-0.4, -0.2) is 35.8 Å². The smallest absolute Gasteiger partial charge is 0.335 e. The molecule has 0 bridgehead atoms. The monoisotopic (exact) mass is 408 g/mol. The molecule has 0 radical (unpaired) electrons. The molecule has 2 aromatic carbocycles. The Labute approximate surface area is 166 Å². The van der Waals surface area contributed by atoms with Gasteiger partial charge in [0.05, 0.1) is 23.4 Å². The van der Waals surface area contributed by atoms with Crippen molar-refractivity contribution in [2.24, 2.45) is 0 Å². The first-order valence-electron chi connectivity index (χ1n) is 7.71. The van der Waals surface area contributed by atoms with E-state index in [0.29, 0.717) is 5.75 Å². The SMILES string of the molecule is COc1c(Cl)cc(C(=O)O)cc1NC(=S)NC(=O)COc1ccc(C)cc1. The van der Waals surface area contributed by atoms with Crippen molar-refractivity contribution in [2.75, 3.05) is 19.0 Å². The Morgan fingerprint density at radius 3 is 2.48 bits per heavy atom. The van der Waals surface area contributed by atoms with Crippen LogP contribution < -0.4 is 20.1 Å². The van der Waals surface area contributed by atoms with E-state index in [1.165, 1.54) is 19.2 Å². The zero-order valence-corrected chi connectivity index (χ0v) is 16.1. The fraction of sp³-hybridized carbons (Fsp3) is 0.167. The number of anilines is 1. The second-order valence-corrected chi connectivity index (χ2v) is 6.26. The van der Waals surface area contributed by atoms with Crippen molar-refractivity contribution < 1.29 is 24.2 Å². The van der Waals surface area contributed by atoms with E-state index in [0.717, 1.165) is 5.56 Å². The maximum absolute atomic E-state index is 12.0. The Kier molecular flexibility index (Phi) is 6.98. The maximum atomic E-state index is 12.0. The highest BCUT2D eigenvalue weighted by molar-refractivity contribution is 7.80. The van der Waals surface area contributed by atoms with Gasteiger partial charge in [0.2, 0.25) is 0 Å². The molecule has 0 unspecified atom stereocenters. The number of aromatic carboxylic acids is 1. The molecule has 0 heterocycles. The quantitative estimate of drug-likeness (QED) is 0.631. The largest absolute Gasteiger partial charge is 0.493 e. The second kappa shape index (κ2) is 9.20. The van der Waals surface area contributed by atoms with Gasteiger partial charge < -0.3 is 19.9 Å². The van der Waals surface area contributed by atoms with Crippen molar-refractivity contribution in [3.05, 3.63) is 52.5 Å². The molecule has 0 aliphatic rings. The normalized spacial score (nSPS) is 10.0. The Morgan fingerprint density at radius 1 is 1.22 bits per heavy atom. The fourth-order valence-electron chi connectivity index (χ4n) is 2.12. The van der Waals surface area contributed by atoms with E-state index in [1.807, 2.05) is 19.1 Å². The predicted octanol–water partition coefficient (Wildman–Crippen LogP) is 3.25. The maximum Gasteiger partial charge on any atom is 0.335 e. The third-order valence-electron chi connectivity index (χ3n) is 3.39. The molecule has 27 heavy (non-hydrogen) atoms. The molecule has 0 fully saturated rings. The lowest BCUT2D eigenvalue weighted by molar-refractivity contribution is -0.121. The third kappa shape index (κ3) is 5.83. The van der Waals surface area contributed by atoms with Crippen LogP contribution in [0.15, 0.2) is 36.4 Å². The highest BCUT2D eigenvalue weighted by Gasteiger charge is 2.16. The second-order valence-electron chi connectivity index (χ2n) is 5.45. The minimum Gasteiger partial charge on any atom is -0.493 e. The van der Waals surface area contributed by atoms with Crippen LogP contribution in [0, 0.1) is 6.92 Å². The third-order valence-corrected chi connectivity index (χ3v) is 3.87. The van der Waals surface area contributed by atoms with Crippen molar-refractivity contribution in [3.63, 3.8) is 0 Å². The number of thiocarbonyl (C=S) groups is 1. The van der Waals surface area contributed by atoms with Crippen LogP contribution in [0.1, 0.15) is 15.9 Å². The van der Waals surface area contributed by atoms with Gasteiger partial charge in [0.1, 0.15) is 5.75 Å². The molecule has 0 aliphatic carbocycles. The molecule has 7 nitrogen and oxygen atoms in total. The molecule has 0 spiro atoms. The number of methoxy groups -OCH3 is 1. The topological polar surface area (TPSA) is 96.9 Å². The van der Waals surface area contributed by atoms with E-state index < -0.39 is 11.9 Å². The van der Waals surface area contributed by atoms with Gasteiger partial charge in [-0.1, -0.05) is 29.3 Å². The summed E-state index contributed by atoms with van der Waals surface area (Å²) in [6.07, 6.45) is 0. The molecule has 142 valence electrons. The molecule has 1 amide bonds. The van der Waals surface area contributed by atoms with Gasteiger partial charge in [-0.05, 0) is 43.4 Å². The zero-order chi connectivity index (χ0) is 20.0. The Hall–Kier alpha value is -2.84. The zero-order valence-electron chi connectivity index (χ0n) is 14.5. The average Bonchev–Trinajstić information content (AvgIpc) is 2.60. The molecule has 9 heteroatoms. The van der Waals surface area contributed by atoms with Crippen molar-refractivity contribution in [1.29, 1.82) is 0 Å². The lowest BCUT2D eigenvalue weighted by Crippen LogP contribution is -2.37. The summed E-state index contributed by atoms with van der Waals surface area (Å²) in [7, 11) is 1.38. The Morgan fingerprint density at radius 2 is 1.89 bits per heavy atom. The number of carboxylic acids is 1. The molecule has 2 aromatic rings. The first-order valence-corrected chi connectivity index (χ1v) is 8.50. The summed E-state index contributed by atoms with van der Waals surface area (Å²) in [4.78, 5) is 23.1. The Balaban J connectivity index is 1.99. The van der Waals surface area contributed by atoms with Gasteiger partial charge in [-0.2, -0.15) is 0 Å². The van der Waals surface area contributed by atoms with Crippen molar-refractivity contribution in [1.82, 2.24) is 5.32 Å². The van der Waals surface area contributed by atoms with E-state index in [2.05, 4.69) is 10.6 Å². The molecule has 2 rings (SSSR count). The van der Waals surface area contributed by atoms with Gasteiger partial charge in [0.15, 0.2) is 17.5 Å². The minimum absolute atomic E-state index is 0.0515. The van der Waals surface area contributed by atoms with Gasteiger partial charge in [-0.15, -0.1) is 0 Å². The lowest BCUT2D eigenvalue weighted by Gasteiger charge is -2.15. The minimum atomic E-state index is -1.16. The number of carboxylic acid groups (broad SMARTS) is 1. The van der Waals surface area contributed by atoms with Crippen molar-refractivity contribution in [2.45, 2.75) is 6.92 Å². The van der Waals surface area contributed by atoms with Crippen LogP contribution >= 0.6 is 23.8 Å². The van der Waals surface area contributed by atoms with Crippen LogP contribution in [-0.2, 0) is 4.79 Å². The first-order chi connectivity index (χ1) is 12.8. The van der Waals surface area contributed by atoms with E-state index in [-0.39, 0.29) is 33.7 Å². The fourth-order valence-corrected chi connectivity index (χ4v) is 2.64. The number of rotatable bonds is 6. The molecule has 0 saturated carbocycles. The number of carbonyl (C=O) groups is 2. The average molecular weight is 409 g/mol. The molecule has 0 aromatic heterocycles. The van der Waals surface area contributed by atoms with Crippen molar-refractivity contribution >= 4 is 46.5 Å². The number of ether oxygens (including phenoxy) is 2. The summed E-state index contributed by atoms with van der Waals surface area (Å²) < 4.78 is 10.5. The number of benzene rings is 2. The first kappa shape index (κ1) is 20.5. The molecule has 3 N–H and O–H groups in total. The van der Waals surface area contributed by atoms with Crippen LogP contribution in [0.25, 0.3) is 0 Å². The molecule has 0 aliphatic heterocycles. The molecular formula is C18H17ClN2O5S. The lowest BCUT2D eigenvalue weighted by atomic mass is 10.2. The van der Waals surface area contributed by atoms with Gasteiger partial charge in [0.25, 0.3) is 5.91 Å². The summed E-state index contributed by atoms with van der Waals surface area (Å²) in [5, 5.41) is 14.3. The number of amides is 1. The number of carbonyl (C=O) groups excluding carboxylic acids is 1. The molecule has 0 saturated heterocycles. The number of nitrogens with one attached hydrogen (secondary N) is 2. The van der Waals surface area contributed by atoms with Crippen molar-refractivity contribution in [3.8, 4) is 11.5 Å². The van der Waals surface area contributed by atoms with Crippen LogP contribution in [0.2, 0.25) is 5.02 Å². The van der Waals surface area contributed by atoms with Crippen LogP contribution in [0.4, 0.5) is 5.69 Å². The number of hydrogen-bond acceptors (Lipinski definition) is 5. The van der Waals surface area contributed by atoms with E-state index in [9.17, 15) is 9.59 Å². The van der Waals surface area contributed by atoms with Gasteiger partial charge in [-0.3, -0.25) is 10.1 Å². The van der Waals surface area contributed by atoms with E-state index in [1.54, 1.807) is 12.1 Å². The van der Waals surface area contributed by atoms with Gasteiger partial charge in [-0.25, -0.2) is 4.79 Å². The highest BCUT2D eigenvalue weighted by atomic mass is 35.5. The number of aryl methyl sites for hydroxylation is 1. The van der Waals surface area contributed by atoms with Crippen LogP contribution in [0.5, 0.6) is 11.5 Å².